The SMILES string of the molecule is CCCCN(C)C(=O)Oc1ccc(-c2noc(C(F)(F)F)n2)nc1. The lowest BCUT2D eigenvalue weighted by atomic mass is 10.3. The number of hydrogen-bond acceptors (Lipinski definition) is 6. The number of carbonyl (C=O) groups excluding carboxylic acids is 1. The number of aromatic nitrogens is 3. The summed E-state index contributed by atoms with van der Waals surface area (Å²) in [6, 6.07) is 2.72. The first-order valence-corrected chi connectivity index (χ1v) is 7.11. The molecular formula is C14H15F3N4O3. The number of amides is 1. The summed E-state index contributed by atoms with van der Waals surface area (Å²) in [4.78, 5) is 20.3. The van der Waals surface area contributed by atoms with Crippen molar-refractivity contribution in [3.05, 3.63) is 24.2 Å². The highest BCUT2D eigenvalue weighted by atomic mass is 19.4. The summed E-state index contributed by atoms with van der Waals surface area (Å²) in [6.45, 7) is 2.56. The summed E-state index contributed by atoms with van der Waals surface area (Å²) in [5.74, 6) is -1.60. The standard InChI is InChI=1S/C14H15F3N4O3/c1-3-4-7-21(2)13(22)23-9-5-6-10(18-8-9)11-19-12(24-20-11)14(15,16)17/h5-6,8H,3-4,7H2,1-2H3. The molecule has 0 aliphatic heterocycles. The number of hydrogen-bond donors (Lipinski definition) is 0. The zero-order valence-electron chi connectivity index (χ0n) is 13.0. The second kappa shape index (κ2) is 7.28. The molecule has 0 N–H and O–H groups in total. The maximum Gasteiger partial charge on any atom is 0.471 e. The van der Waals surface area contributed by atoms with Crippen molar-refractivity contribution in [1.29, 1.82) is 0 Å². The number of carbonyl (C=O) groups is 1. The van der Waals surface area contributed by atoms with Gasteiger partial charge in [-0.05, 0) is 18.6 Å². The van der Waals surface area contributed by atoms with E-state index in [1.54, 1.807) is 7.05 Å². The van der Waals surface area contributed by atoms with Gasteiger partial charge in [0.15, 0.2) is 5.75 Å². The van der Waals surface area contributed by atoms with Crippen molar-refractivity contribution >= 4 is 6.09 Å². The first kappa shape index (κ1) is 17.7. The first-order valence-electron chi connectivity index (χ1n) is 7.11. The Morgan fingerprint density at radius 3 is 2.67 bits per heavy atom. The average molecular weight is 344 g/mol. The van der Waals surface area contributed by atoms with Crippen molar-refractivity contribution in [2.24, 2.45) is 0 Å². The monoisotopic (exact) mass is 344 g/mol. The van der Waals surface area contributed by atoms with Gasteiger partial charge in [0, 0.05) is 13.6 Å². The Morgan fingerprint density at radius 1 is 1.38 bits per heavy atom. The highest BCUT2D eigenvalue weighted by Crippen LogP contribution is 2.29. The molecular weight excluding hydrogens is 329 g/mol. The molecule has 2 aromatic heterocycles. The molecule has 0 saturated carbocycles. The maximum absolute atomic E-state index is 12.4. The van der Waals surface area contributed by atoms with E-state index in [1.807, 2.05) is 6.92 Å². The van der Waals surface area contributed by atoms with Gasteiger partial charge in [0.1, 0.15) is 5.69 Å². The zero-order valence-corrected chi connectivity index (χ0v) is 13.0. The quantitative estimate of drug-likeness (QED) is 0.827. The molecule has 0 aliphatic carbocycles. The lowest BCUT2D eigenvalue weighted by Crippen LogP contribution is -2.30. The molecule has 0 spiro atoms. The molecule has 24 heavy (non-hydrogen) atoms. The van der Waals surface area contributed by atoms with E-state index in [-0.39, 0.29) is 17.3 Å². The fraction of sp³-hybridized carbons (Fsp3) is 0.429. The van der Waals surface area contributed by atoms with Crippen LogP contribution in [0.25, 0.3) is 11.5 Å². The maximum atomic E-state index is 12.4. The van der Waals surface area contributed by atoms with E-state index in [0.29, 0.717) is 6.54 Å². The van der Waals surface area contributed by atoms with Crippen molar-refractivity contribution in [1.82, 2.24) is 20.0 Å². The Hall–Kier alpha value is -2.65. The van der Waals surface area contributed by atoms with E-state index in [0.717, 1.165) is 12.8 Å². The number of ether oxygens (including phenoxy) is 1. The van der Waals surface area contributed by atoms with Crippen LogP contribution >= 0.6 is 0 Å². The molecule has 7 nitrogen and oxygen atoms in total. The van der Waals surface area contributed by atoms with E-state index in [1.165, 1.54) is 23.2 Å². The minimum Gasteiger partial charge on any atom is -0.409 e. The van der Waals surface area contributed by atoms with Crippen molar-refractivity contribution in [3.63, 3.8) is 0 Å². The third-order valence-corrected chi connectivity index (χ3v) is 3.00. The molecule has 0 bridgehead atoms. The summed E-state index contributed by atoms with van der Waals surface area (Å²) >= 11 is 0. The number of pyridine rings is 1. The van der Waals surface area contributed by atoms with Crippen LogP contribution in [0.2, 0.25) is 0 Å². The molecule has 2 rings (SSSR count). The van der Waals surface area contributed by atoms with Gasteiger partial charge in [0.05, 0.1) is 6.20 Å². The van der Waals surface area contributed by atoms with Gasteiger partial charge in [-0.15, -0.1) is 0 Å². The minimum absolute atomic E-state index is 0.0633. The van der Waals surface area contributed by atoms with Crippen LogP contribution in [0.3, 0.4) is 0 Å². The summed E-state index contributed by atoms with van der Waals surface area (Å²) in [7, 11) is 1.61. The Morgan fingerprint density at radius 2 is 2.12 bits per heavy atom. The molecule has 0 saturated heterocycles. The van der Waals surface area contributed by atoms with Crippen LogP contribution in [0.4, 0.5) is 18.0 Å². The predicted molar refractivity (Wildman–Crippen MR) is 76.1 cm³/mol. The summed E-state index contributed by atoms with van der Waals surface area (Å²) in [5.41, 5.74) is 0.0633. The summed E-state index contributed by atoms with van der Waals surface area (Å²) in [6.07, 6.45) is -2.27. The molecule has 0 aliphatic rings. The number of rotatable bonds is 5. The predicted octanol–water partition coefficient (Wildman–Crippen LogP) is 3.38. The van der Waals surface area contributed by atoms with Gasteiger partial charge in [-0.3, -0.25) is 0 Å². The van der Waals surface area contributed by atoms with Gasteiger partial charge < -0.3 is 14.2 Å². The summed E-state index contributed by atoms with van der Waals surface area (Å²) < 4.78 is 46.5. The largest absolute Gasteiger partial charge is 0.471 e. The smallest absolute Gasteiger partial charge is 0.409 e. The average Bonchev–Trinajstić information content (AvgIpc) is 3.03. The van der Waals surface area contributed by atoms with Crippen LogP contribution in [0.15, 0.2) is 22.9 Å². The molecule has 1 amide bonds. The second-order valence-corrected chi connectivity index (χ2v) is 4.94. The zero-order chi connectivity index (χ0) is 17.7. The fourth-order valence-electron chi connectivity index (χ4n) is 1.68. The normalized spacial score (nSPS) is 11.4. The van der Waals surface area contributed by atoms with Crippen LogP contribution in [0, 0.1) is 0 Å². The van der Waals surface area contributed by atoms with Gasteiger partial charge in [-0.1, -0.05) is 18.5 Å². The lowest BCUT2D eigenvalue weighted by Gasteiger charge is -2.15. The topological polar surface area (TPSA) is 81.4 Å². The van der Waals surface area contributed by atoms with Gasteiger partial charge >= 0.3 is 18.2 Å². The number of alkyl halides is 3. The minimum atomic E-state index is -4.72. The van der Waals surface area contributed by atoms with Gasteiger partial charge in [-0.25, -0.2) is 9.78 Å². The van der Waals surface area contributed by atoms with E-state index in [4.69, 9.17) is 4.74 Å². The molecule has 0 unspecified atom stereocenters. The molecule has 0 aromatic carbocycles. The Kier molecular flexibility index (Phi) is 5.37. The molecule has 0 fully saturated rings. The summed E-state index contributed by atoms with van der Waals surface area (Å²) in [5, 5.41) is 3.22. The molecule has 10 heteroatoms. The Labute approximate surface area is 135 Å². The molecule has 2 aromatic rings. The van der Waals surface area contributed by atoms with Crippen LogP contribution in [-0.4, -0.2) is 39.7 Å². The van der Waals surface area contributed by atoms with Crippen molar-refractivity contribution in [3.8, 4) is 17.3 Å². The van der Waals surface area contributed by atoms with E-state index in [9.17, 15) is 18.0 Å². The third-order valence-electron chi connectivity index (χ3n) is 3.00. The first-order chi connectivity index (χ1) is 11.3. The number of halogens is 3. The van der Waals surface area contributed by atoms with Crippen LogP contribution in [0.5, 0.6) is 5.75 Å². The van der Waals surface area contributed by atoms with Crippen molar-refractivity contribution < 1.29 is 27.2 Å². The van der Waals surface area contributed by atoms with E-state index in [2.05, 4.69) is 19.6 Å². The Bertz CT molecular complexity index is 685. The highest BCUT2D eigenvalue weighted by Gasteiger charge is 2.38. The molecule has 2 heterocycles. The Balaban J connectivity index is 2.03. The number of unbranched alkanes of at least 4 members (excludes halogenated alkanes) is 1. The lowest BCUT2D eigenvalue weighted by molar-refractivity contribution is -0.159. The van der Waals surface area contributed by atoms with Gasteiger partial charge in [0.2, 0.25) is 5.82 Å². The fourth-order valence-corrected chi connectivity index (χ4v) is 1.68. The van der Waals surface area contributed by atoms with Crippen molar-refractivity contribution in [2.45, 2.75) is 25.9 Å². The molecule has 0 atom stereocenters. The molecule has 0 radical (unpaired) electrons. The van der Waals surface area contributed by atoms with E-state index < -0.39 is 18.2 Å². The van der Waals surface area contributed by atoms with E-state index >= 15 is 0 Å². The third kappa shape index (κ3) is 4.43. The van der Waals surface area contributed by atoms with Gasteiger partial charge in [-0.2, -0.15) is 18.2 Å². The van der Waals surface area contributed by atoms with Crippen LogP contribution in [-0.2, 0) is 6.18 Å². The second-order valence-electron chi connectivity index (χ2n) is 4.94. The van der Waals surface area contributed by atoms with Crippen LogP contribution < -0.4 is 4.74 Å². The van der Waals surface area contributed by atoms with Gasteiger partial charge in [0.25, 0.3) is 0 Å². The highest BCUT2D eigenvalue weighted by molar-refractivity contribution is 5.70. The van der Waals surface area contributed by atoms with Crippen molar-refractivity contribution in [2.75, 3.05) is 13.6 Å². The molecule has 130 valence electrons. The number of nitrogens with zero attached hydrogens (tertiary/aromatic N) is 4. The van der Waals surface area contributed by atoms with Crippen LogP contribution in [0.1, 0.15) is 25.7 Å².